The number of hydrogen-bond donors (Lipinski definition) is 2. The summed E-state index contributed by atoms with van der Waals surface area (Å²) in [7, 11) is -3.56. The van der Waals surface area contributed by atoms with E-state index in [0.717, 1.165) is 17.9 Å². The molecule has 0 radical (unpaired) electrons. The van der Waals surface area contributed by atoms with Crippen LogP contribution in [0.1, 0.15) is 29.3 Å². The van der Waals surface area contributed by atoms with E-state index >= 15 is 8.78 Å². The maximum absolute atomic E-state index is 15.2. The van der Waals surface area contributed by atoms with Gasteiger partial charge in [-0.25, -0.2) is 22.2 Å². The van der Waals surface area contributed by atoms with Crippen LogP contribution in [0.5, 0.6) is 17.2 Å². The Morgan fingerprint density at radius 1 is 1.17 bits per heavy atom. The van der Waals surface area contributed by atoms with E-state index in [2.05, 4.69) is 9.97 Å². The van der Waals surface area contributed by atoms with Crippen molar-refractivity contribution >= 4 is 26.7 Å². The van der Waals surface area contributed by atoms with Crippen LogP contribution < -0.4 is 9.47 Å². The minimum absolute atomic E-state index is 0.0359. The zero-order chi connectivity index (χ0) is 29.8. The van der Waals surface area contributed by atoms with Gasteiger partial charge in [0.05, 0.1) is 28.8 Å². The van der Waals surface area contributed by atoms with Gasteiger partial charge in [-0.1, -0.05) is 18.2 Å². The van der Waals surface area contributed by atoms with Gasteiger partial charge in [0.1, 0.15) is 30.2 Å². The maximum atomic E-state index is 15.2. The molecule has 5 aromatic rings. The number of nitrogens with one attached hydrogen (secondary N) is 1. The molecule has 0 fully saturated rings. The zero-order valence-electron chi connectivity index (χ0n) is 22.4. The summed E-state index contributed by atoms with van der Waals surface area (Å²) in [6.07, 6.45) is 3.79. The summed E-state index contributed by atoms with van der Waals surface area (Å²) in [6, 6.07) is 11.8. The number of carboxylic acids is 1. The lowest BCUT2D eigenvalue weighted by Crippen LogP contribution is -2.25. The molecule has 216 valence electrons. The number of carbonyl (C=O) groups is 1. The average Bonchev–Trinajstić information content (AvgIpc) is 3.66. The minimum atomic E-state index is -3.56. The highest BCUT2D eigenvalue weighted by Gasteiger charge is 2.42. The number of halogens is 2. The van der Waals surface area contributed by atoms with E-state index in [4.69, 9.17) is 13.9 Å². The van der Waals surface area contributed by atoms with Gasteiger partial charge in [-0.3, -0.25) is 4.79 Å². The molecule has 0 bridgehead atoms. The molecule has 0 saturated heterocycles. The molecular weight excluding hydrogens is 570 g/mol. The van der Waals surface area contributed by atoms with Crippen LogP contribution >= 0.6 is 0 Å². The van der Waals surface area contributed by atoms with Gasteiger partial charge in [0.25, 0.3) is 0 Å². The molecule has 42 heavy (non-hydrogen) atoms. The van der Waals surface area contributed by atoms with Gasteiger partial charge in [-0.2, -0.15) is 0 Å². The number of benzene rings is 3. The molecule has 12 heteroatoms. The number of oxazole rings is 1. The molecule has 0 saturated carbocycles. The summed E-state index contributed by atoms with van der Waals surface area (Å²) in [4.78, 5) is 18.7. The molecular formula is C30H24F2N2O7S. The summed E-state index contributed by atoms with van der Waals surface area (Å²) in [5.41, 5.74) is 1.38. The summed E-state index contributed by atoms with van der Waals surface area (Å²) in [5.74, 6) is -2.77. The first-order valence-corrected chi connectivity index (χ1v) is 14.9. The number of H-pyrrole nitrogens is 1. The number of carboxylic acid groups (broad SMARTS) is 1. The number of aromatic amines is 1. The molecule has 3 aromatic carbocycles. The predicted molar refractivity (Wildman–Crippen MR) is 149 cm³/mol. The normalized spacial score (nSPS) is 16.4. The number of aliphatic carboxylic acids is 1. The first kappa shape index (κ1) is 27.5. The van der Waals surface area contributed by atoms with E-state index in [9.17, 15) is 18.3 Å². The fourth-order valence-corrected chi connectivity index (χ4v) is 6.05. The Bertz CT molecular complexity index is 1980. The van der Waals surface area contributed by atoms with Gasteiger partial charge >= 0.3 is 5.97 Å². The van der Waals surface area contributed by atoms with E-state index in [1.807, 2.05) is 13.0 Å². The fourth-order valence-electron chi connectivity index (χ4n) is 5.24. The third kappa shape index (κ3) is 4.87. The number of para-hydroxylation sites is 1. The second kappa shape index (κ2) is 9.98. The average molecular weight is 595 g/mol. The predicted octanol–water partition coefficient (Wildman–Crippen LogP) is 5.76. The van der Waals surface area contributed by atoms with E-state index < -0.39 is 38.6 Å². The number of aromatic nitrogens is 2. The van der Waals surface area contributed by atoms with Crippen LogP contribution in [0, 0.1) is 11.6 Å². The summed E-state index contributed by atoms with van der Waals surface area (Å²) in [6.45, 7) is 2.03. The second-order valence-electron chi connectivity index (χ2n) is 10.4. The highest BCUT2D eigenvalue weighted by Crippen LogP contribution is 2.45. The van der Waals surface area contributed by atoms with Crippen molar-refractivity contribution in [3.8, 4) is 28.7 Å². The molecule has 1 aliphatic rings. The summed E-state index contributed by atoms with van der Waals surface area (Å²) >= 11 is 0. The van der Waals surface area contributed by atoms with Crippen molar-refractivity contribution in [2.45, 2.75) is 24.5 Å². The maximum Gasteiger partial charge on any atom is 0.307 e. The molecule has 2 N–H and O–H groups in total. The largest absolute Gasteiger partial charge is 0.492 e. The van der Waals surface area contributed by atoms with Gasteiger partial charge in [0.2, 0.25) is 5.89 Å². The number of sulfone groups is 1. The fraction of sp³-hybridized carbons (Fsp3) is 0.200. The zero-order valence-corrected chi connectivity index (χ0v) is 23.2. The molecule has 9 nitrogen and oxygen atoms in total. The van der Waals surface area contributed by atoms with E-state index in [1.165, 1.54) is 24.5 Å². The second-order valence-corrected chi connectivity index (χ2v) is 12.6. The van der Waals surface area contributed by atoms with Crippen LogP contribution in [0.3, 0.4) is 0 Å². The lowest BCUT2D eigenvalue weighted by molar-refractivity contribution is -0.136. The molecule has 3 heterocycles. The highest BCUT2D eigenvalue weighted by atomic mass is 32.2. The molecule has 1 unspecified atom stereocenters. The van der Waals surface area contributed by atoms with Crippen molar-refractivity contribution in [1.82, 2.24) is 9.97 Å². The number of nitrogens with zero attached hydrogens (tertiary/aromatic N) is 1. The van der Waals surface area contributed by atoms with Gasteiger partial charge < -0.3 is 24.0 Å². The molecule has 0 aliphatic carbocycles. The lowest BCUT2D eigenvalue weighted by Gasteiger charge is -2.19. The van der Waals surface area contributed by atoms with Gasteiger partial charge in [-0.05, 0) is 31.2 Å². The van der Waals surface area contributed by atoms with Crippen LogP contribution in [0.2, 0.25) is 0 Å². The van der Waals surface area contributed by atoms with Crippen molar-refractivity contribution < 1.29 is 41.0 Å². The monoisotopic (exact) mass is 594 g/mol. The SMILES string of the molecule is CC1(c2coc(-c3cc(Oc4c(F)cc5[nH]ccc5c4CS(C)(=O)=O)ccc3F)n2)COc2c(CC(=O)O)cccc21. The Morgan fingerprint density at radius 2 is 1.98 bits per heavy atom. The Morgan fingerprint density at radius 3 is 2.74 bits per heavy atom. The standard InChI is InChI=1S/C30H24F2N2O7S/c1-30(15-40-27-16(10-26(35)36)4-3-5-21(27)30)25-13-39-29(34-25)19-11-17(6-7-22(19)31)41-28-20(14-42(2,37)38)18-8-9-33-24(18)12-23(28)32/h3-9,11-13,33H,10,14-15H2,1-2H3,(H,35,36). The van der Waals surface area contributed by atoms with Gasteiger partial charge in [-0.15, -0.1) is 0 Å². The summed E-state index contributed by atoms with van der Waals surface area (Å²) in [5, 5.41) is 9.74. The third-order valence-electron chi connectivity index (χ3n) is 7.27. The molecule has 6 rings (SSSR count). The number of hydrogen-bond acceptors (Lipinski definition) is 7. The van der Waals surface area contributed by atoms with Crippen molar-refractivity contribution in [3.63, 3.8) is 0 Å². The Kier molecular flexibility index (Phi) is 6.53. The van der Waals surface area contributed by atoms with Crippen molar-refractivity contribution in [3.05, 3.63) is 95.0 Å². The van der Waals surface area contributed by atoms with Crippen LogP contribution in [-0.4, -0.2) is 42.3 Å². The van der Waals surface area contributed by atoms with Crippen molar-refractivity contribution in [1.29, 1.82) is 0 Å². The Balaban J connectivity index is 1.36. The smallest absolute Gasteiger partial charge is 0.307 e. The van der Waals surface area contributed by atoms with Gasteiger partial charge in [0, 0.05) is 46.1 Å². The first-order valence-electron chi connectivity index (χ1n) is 12.8. The first-order chi connectivity index (χ1) is 19.9. The number of ether oxygens (including phenoxy) is 2. The van der Waals surface area contributed by atoms with Gasteiger partial charge in [0.15, 0.2) is 21.4 Å². The topological polar surface area (TPSA) is 132 Å². The van der Waals surface area contributed by atoms with Crippen LogP contribution in [-0.2, 0) is 32.2 Å². The number of rotatable bonds is 8. The van der Waals surface area contributed by atoms with E-state index in [0.29, 0.717) is 27.9 Å². The van der Waals surface area contributed by atoms with Crippen LogP contribution in [0.15, 0.2) is 65.4 Å². The Labute approximate surface area is 238 Å². The quantitative estimate of drug-likeness (QED) is 0.232. The third-order valence-corrected chi connectivity index (χ3v) is 8.08. The molecule has 1 aliphatic heterocycles. The highest BCUT2D eigenvalue weighted by molar-refractivity contribution is 7.89. The lowest BCUT2D eigenvalue weighted by atomic mass is 9.81. The summed E-state index contributed by atoms with van der Waals surface area (Å²) < 4.78 is 71.9. The molecule has 0 amide bonds. The van der Waals surface area contributed by atoms with Crippen molar-refractivity contribution in [2.75, 3.05) is 12.9 Å². The van der Waals surface area contributed by atoms with E-state index in [-0.39, 0.29) is 41.5 Å². The Hall–Kier alpha value is -4.71. The number of fused-ring (bicyclic) bond motifs is 2. The van der Waals surface area contributed by atoms with Crippen LogP contribution in [0.25, 0.3) is 22.4 Å². The molecule has 0 spiro atoms. The minimum Gasteiger partial charge on any atom is -0.492 e. The van der Waals surface area contributed by atoms with Crippen LogP contribution in [0.4, 0.5) is 8.78 Å². The van der Waals surface area contributed by atoms with E-state index in [1.54, 1.807) is 24.4 Å². The van der Waals surface area contributed by atoms with Crippen molar-refractivity contribution in [2.24, 2.45) is 0 Å². The molecule has 2 aromatic heterocycles. The molecule has 1 atom stereocenters.